The molecule has 1 heteroatoms. The average molecular weight is 361 g/mol. The molecular weight excluding hydrogens is 316 g/mol. The molecule has 0 amide bonds. The molecule has 0 saturated carbocycles. The van der Waals surface area contributed by atoms with Crippen LogP contribution in [0.1, 0.15) is 109 Å². The quantitative estimate of drug-likeness (QED) is 0.226. The van der Waals surface area contributed by atoms with Crippen molar-refractivity contribution >= 4 is 0 Å². The van der Waals surface area contributed by atoms with Crippen molar-refractivity contribution in [3.8, 4) is 0 Å². The van der Waals surface area contributed by atoms with Gasteiger partial charge < -0.3 is 4.74 Å². The van der Waals surface area contributed by atoms with Crippen molar-refractivity contribution < 1.29 is 4.74 Å². The van der Waals surface area contributed by atoms with E-state index in [2.05, 4.69) is 37.3 Å². The van der Waals surface area contributed by atoms with Crippen molar-refractivity contribution in [1.29, 1.82) is 0 Å². The summed E-state index contributed by atoms with van der Waals surface area (Å²) < 4.78 is 5.60. The minimum absolute atomic E-state index is 0.962. The fourth-order valence-corrected chi connectivity index (χ4v) is 3.47. The van der Waals surface area contributed by atoms with Crippen molar-refractivity contribution in [3.05, 3.63) is 35.9 Å². The van der Waals surface area contributed by atoms with E-state index in [1.54, 1.807) is 0 Å². The lowest BCUT2D eigenvalue weighted by atomic mass is 10.0. The van der Waals surface area contributed by atoms with Crippen LogP contribution in [0.15, 0.2) is 30.3 Å². The highest BCUT2D eigenvalue weighted by Crippen LogP contribution is 2.13. The van der Waals surface area contributed by atoms with Crippen LogP contribution in [0, 0.1) is 0 Å². The van der Waals surface area contributed by atoms with Gasteiger partial charge in [0.15, 0.2) is 0 Å². The zero-order valence-electron chi connectivity index (χ0n) is 17.5. The first-order chi connectivity index (χ1) is 12.9. The predicted molar refractivity (Wildman–Crippen MR) is 116 cm³/mol. The highest BCUT2D eigenvalue weighted by molar-refractivity contribution is 5.14. The molecule has 1 nitrogen and oxygen atoms in total. The molecule has 1 aromatic carbocycles. The molecule has 0 fully saturated rings. The molecule has 0 spiro atoms. The topological polar surface area (TPSA) is 9.23 Å². The number of aryl methyl sites for hydroxylation is 1. The van der Waals surface area contributed by atoms with E-state index in [0.29, 0.717) is 0 Å². The largest absolute Gasteiger partial charge is 0.381 e. The minimum atomic E-state index is 0.962. The van der Waals surface area contributed by atoms with Gasteiger partial charge in [-0.05, 0) is 31.2 Å². The summed E-state index contributed by atoms with van der Waals surface area (Å²) in [5.41, 5.74) is 1.50. The van der Waals surface area contributed by atoms with E-state index in [-0.39, 0.29) is 0 Å². The normalized spacial score (nSPS) is 11.1. The van der Waals surface area contributed by atoms with Crippen LogP contribution in [-0.2, 0) is 11.2 Å². The molecule has 150 valence electrons. The summed E-state index contributed by atoms with van der Waals surface area (Å²) in [5.74, 6) is 0. The molecule has 1 rings (SSSR count). The van der Waals surface area contributed by atoms with E-state index in [9.17, 15) is 0 Å². The summed E-state index contributed by atoms with van der Waals surface area (Å²) in [6, 6.07) is 10.9. The number of unbranched alkanes of at least 4 members (excludes halogenated alkanes) is 13. The third-order valence-electron chi connectivity index (χ3n) is 5.24. The monoisotopic (exact) mass is 360 g/mol. The van der Waals surface area contributed by atoms with Crippen LogP contribution >= 0.6 is 0 Å². The molecule has 0 aliphatic rings. The first-order valence-corrected chi connectivity index (χ1v) is 11.5. The van der Waals surface area contributed by atoms with Gasteiger partial charge in [-0.3, -0.25) is 0 Å². The lowest BCUT2D eigenvalue weighted by molar-refractivity contribution is 0.127. The first kappa shape index (κ1) is 23.2. The lowest BCUT2D eigenvalue weighted by Crippen LogP contribution is -1.96. The molecule has 1 aromatic rings. The Morgan fingerprint density at radius 3 is 1.54 bits per heavy atom. The Morgan fingerprint density at radius 1 is 0.538 bits per heavy atom. The van der Waals surface area contributed by atoms with E-state index >= 15 is 0 Å². The van der Waals surface area contributed by atoms with Crippen LogP contribution < -0.4 is 0 Å². The fraction of sp³-hybridized carbons (Fsp3) is 0.760. The van der Waals surface area contributed by atoms with Gasteiger partial charge in [0.2, 0.25) is 0 Å². The van der Waals surface area contributed by atoms with E-state index in [1.807, 2.05) is 0 Å². The second-order valence-corrected chi connectivity index (χ2v) is 7.80. The summed E-state index contributed by atoms with van der Waals surface area (Å²) in [6.07, 6.45) is 22.0. The Morgan fingerprint density at radius 2 is 1.00 bits per heavy atom. The van der Waals surface area contributed by atoms with Crippen molar-refractivity contribution in [1.82, 2.24) is 0 Å². The molecule has 0 aromatic heterocycles. The van der Waals surface area contributed by atoms with Gasteiger partial charge in [0.25, 0.3) is 0 Å². The van der Waals surface area contributed by atoms with Crippen LogP contribution in [0.3, 0.4) is 0 Å². The lowest BCUT2D eigenvalue weighted by Gasteiger charge is -2.04. The fourth-order valence-electron chi connectivity index (χ4n) is 3.47. The van der Waals surface area contributed by atoms with Gasteiger partial charge in [-0.15, -0.1) is 0 Å². The van der Waals surface area contributed by atoms with E-state index in [0.717, 1.165) is 13.2 Å². The third-order valence-corrected chi connectivity index (χ3v) is 5.24. The van der Waals surface area contributed by atoms with Gasteiger partial charge in [0.05, 0.1) is 0 Å². The van der Waals surface area contributed by atoms with Gasteiger partial charge in [-0.2, -0.15) is 0 Å². The molecule has 0 unspecified atom stereocenters. The molecule has 0 radical (unpaired) electrons. The standard InChI is InChI=1S/C25H44O/c1-2-3-23-26-24-19-14-12-10-8-6-4-5-7-9-11-13-16-20-25-21-17-15-18-22-25/h15,17-18,21-22H,2-14,16,19-20,23-24H2,1H3. The van der Waals surface area contributed by atoms with E-state index < -0.39 is 0 Å². The van der Waals surface area contributed by atoms with E-state index in [4.69, 9.17) is 4.74 Å². The van der Waals surface area contributed by atoms with E-state index in [1.165, 1.54) is 108 Å². The maximum absolute atomic E-state index is 5.60. The van der Waals surface area contributed by atoms with Crippen LogP contribution in [0.25, 0.3) is 0 Å². The molecule has 0 N–H and O–H groups in total. The van der Waals surface area contributed by atoms with Crippen molar-refractivity contribution in [2.75, 3.05) is 13.2 Å². The Bertz CT molecular complexity index is 373. The average Bonchev–Trinajstić information content (AvgIpc) is 2.68. The molecule has 0 heterocycles. The van der Waals surface area contributed by atoms with Gasteiger partial charge >= 0.3 is 0 Å². The number of hydrogen-bond donors (Lipinski definition) is 0. The maximum atomic E-state index is 5.60. The molecule has 26 heavy (non-hydrogen) atoms. The molecule has 0 saturated heterocycles. The summed E-state index contributed by atoms with van der Waals surface area (Å²) in [4.78, 5) is 0. The highest BCUT2D eigenvalue weighted by atomic mass is 16.5. The van der Waals surface area contributed by atoms with Gasteiger partial charge in [-0.1, -0.05) is 114 Å². The molecular formula is C25H44O. The number of benzene rings is 1. The Balaban J connectivity index is 1.68. The zero-order valence-corrected chi connectivity index (χ0v) is 17.5. The number of hydrogen-bond acceptors (Lipinski definition) is 1. The van der Waals surface area contributed by atoms with Crippen molar-refractivity contribution in [2.45, 2.75) is 110 Å². The second kappa shape index (κ2) is 19.0. The SMILES string of the molecule is CCCCOCCCCCCCCCCCCCCCc1ccccc1. The van der Waals surface area contributed by atoms with Crippen LogP contribution in [0.4, 0.5) is 0 Å². The van der Waals surface area contributed by atoms with Gasteiger partial charge in [0, 0.05) is 13.2 Å². The first-order valence-electron chi connectivity index (χ1n) is 11.5. The number of ether oxygens (including phenoxy) is 1. The van der Waals surface area contributed by atoms with Gasteiger partial charge in [-0.25, -0.2) is 0 Å². The maximum Gasteiger partial charge on any atom is 0.0466 e. The predicted octanol–water partition coefficient (Wildman–Crippen LogP) is 8.12. The number of rotatable bonds is 19. The minimum Gasteiger partial charge on any atom is -0.381 e. The van der Waals surface area contributed by atoms with Crippen LogP contribution in [0.5, 0.6) is 0 Å². The molecule has 0 bridgehead atoms. The molecule has 0 aliphatic carbocycles. The highest BCUT2D eigenvalue weighted by Gasteiger charge is 1.95. The van der Waals surface area contributed by atoms with Crippen LogP contribution in [0.2, 0.25) is 0 Å². The smallest absolute Gasteiger partial charge is 0.0466 e. The Labute approximate surface area is 163 Å². The van der Waals surface area contributed by atoms with Crippen molar-refractivity contribution in [3.63, 3.8) is 0 Å². The van der Waals surface area contributed by atoms with Crippen LogP contribution in [-0.4, -0.2) is 13.2 Å². The summed E-state index contributed by atoms with van der Waals surface area (Å²) in [5, 5.41) is 0. The second-order valence-electron chi connectivity index (χ2n) is 7.80. The zero-order chi connectivity index (χ0) is 18.5. The summed E-state index contributed by atoms with van der Waals surface area (Å²) >= 11 is 0. The summed E-state index contributed by atoms with van der Waals surface area (Å²) in [6.45, 7) is 4.16. The Hall–Kier alpha value is -0.820. The summed E-state index contributed by atoms with van der Waals surface area (Å²) in [7, 11) is 0. The molecule has 0 aliphatic heterocycles. The Kier molecular flexibility index (Phi) is 16.9. The van der Waals surface area contributed by atoms with Gasteiger partial charge in [0.1, 0.15) is 0 Å². The van der Waals surface area contributed by atoms with Crippen molar-refractivity contribution in [2.24, 2.45) is 0 Å². The molecule has 0 atom stereocenters. The third kappa shape index (κ3) is 15.4.